The molecule has 0 amide bonds. The topological polar surface area (TPSA) is 44.8 Å². The van der Waals surface area contributed by atoms with Gasteiger partial charge in [-0.05, 0) is 17.7 Å². The summed E-state index contributed by atoms with van der Waals surface area (Å²) in [6.07, 6.45) is 0. The second kappa shape index (κ2) is 5.94. The number of hydrogen-bond donors (Lipinski definition) is 0. The van der Waals surface area contributed by atoms with Crippen LogP contribution in [-0.4, -0.2) is 26.8 Å². The molecule has 1 aromatic rings. The van der Waals surface area contributed by atoms with Crippen molar-refractivity contribution in [3.63, 3.8) is 0 Å². The Hall–Kier alpha value is -1.97. The molecule has 1 rings (SSSR count). The summed E-state index contributed by atoms with van der Waals surface area (Å²) in [5.74, 6) is 0.933. The van der Waals surface area contributed by atoms with Crippen LogP contribution in [0.15, 0.2) is 24.8 Å². The summed E-state index contributed by atoms with van der Waals surface area (Å²) < 4.78 is 15.4. The van der Waals surface area contributed by atoms with Gasteiger partial charge in [0.25, 0.3) is 0 Å². The van der Waals surface area contributed by atoms with Crippen LogP contribution in [0.25, 0.3) is 5.57 Å². The van der Waals surface area contributed by atoms with Crippen molar-refractivity contribution in [3.8, 4) is 11.5 Å². The van der Waals surface area contributed by atoms with Gasteiger partial charge in [-0.1, -0.05) is 12.6 Å². The average molecular weight is 236 g/mol. The van der Waals surface area contributed by atoms with Gasteiger partial charge in [-0.3, -0.25) is 4.79 Å². The lowest BCUT2D eigenvalue weighted by Gasteiger charge is -2.14. The first kappa shape index (κ1) is 13.1. The zero-order chi connectivity index (χ0) is 12.8. The molecular weight excluding hydrogens is 220 g/mol. The van der Waals surface area contributed by atoms with E-state index < -0.39 is 0 Å². The highest BCUT2D eigenvalue weighted by atomic mass is 16.5. The molecular formula is C13H16O4. The highest BCUT2D eigenvalue weighted by molar-refractivity contribution is 5.76. The van der Waals surface area contributed by atoms with Gasteiger partial charge in [0.15, 0.2) is 0 Å². The molecule has 0 aliphatic carbocycles. The Morgan fingerprint density at radius 2 is 1.76 bits per heavy atom. The average Bonchev–Trinajstić information content (AvgIpc) is 2.34. The van der Waals surface area contributed by atoms with E-state index in [9.17, 15) is 4.79 Å². The molecule has 0 radical (unpaired) electrons. The van der Waals surface area contributed by atoms with Crippen molar-refractivity contribution in [1.82, 2.24) is 0 Å². The fourth-order valence-corrected chi connectivity index (χ4v) is 1.46. The number of methoxy groups -OCH3 is 2. The van der Waals surface area contributed by atoms with Gasteiger partial charge in [-0.25, -0.2) is 0 Å². The number of ether oxygens (including phenoxy) is 3. The number of esters is 1. The third-order valence-corrected chi connectivity index (χ3v) is 2.23. The molecule has 0 atom stereocenters. The molecule has 0 aliphatic rings. The standard InChI is InChI=1S/C13H16O4/c1-9(8-17-10(2)14)13-11(15-3)6-5-7-12(13)16-4/h5-7H,1,8H2,2-4H3. The number of rotatable bonds is 5. The molecule has 0 spiro atoms. The van der Waals surface area contributed by atoms with Crippen LogP contribution in [-0.2, 0) is 9.53 Å². The summed E-state index contributed by atoms with van der Waals surface area (Å²) in [7, 11) is 3.13. The summed E-state index contributed by atoms with van der Waals surface area (Å²) >= 11 is 0. The van der Waals surface area contributed by atoms with Gasteiger partial charge in [-0.15, -0.1) is 0 Å². The molecule has 0 unspecified atom stereocenters. The van der Waals surface area contributed by atoms with Crippen molar-refractivity contribution in [1.29, 1.82) is 0 Å². The van der Waals surface area contributed by atoms with Crippen LogP contribution in [0.1, 0.15) is 12.5 Å². The molecule has 4 nitrogen and oxygen atoms in total. The number of carbonyl (C=O) groups is 1. The van der Waals surface area contributed by atoms with Crippen LogP contribution < -0.4 is 9.47 Å². The molecule has 0 bridgehead atoms. The number of hydrogen-bond acceptors (Lipinski definition) is 4. The van der Waals surface area contributed by atoms with E-state index >= 15 is 0 Å². The van der Waals surface area contributed by atoms with E-state index in [-0.39, 0.29) is 12.6 Å². The number of benzene rings is 1. The number of carbonyl (C=O) groups excluding carboxylic acids is 1. The summed E-state index contributed by atoms with van der Waals surface area (Å²) in [6.45, 7) is 5.35. The Balaban J connectivity index is 3.01. The van der Waals surface area contributed by atoms with E-state index in [2.05, 4.69) is 6.58 Å². The Labute approximate surface area is 101 Å². The van der Waals surface area contributed by atoms with Crippen molar-refractivity contribution in [2.45, 2.75) is 6.92 Å². The Bertz CT molecular complexity index is 401. The van der Waals surface area contributed by atoms with E-state index in [4.69, 9.17) is 14.2 Å². The quantitative estimate of drug-likeness (QED) is 0.736. The minimum Gasteiger partial charge on any atom is -0.496 e. The van der Waals surface area contributed by atoms with Crippen molar-refractivity contribution in [3.05, 3.63) is 30.3 Å². The molecule has 0 saturated carbocycles. The van der Waals surface area contributed by atoms with Gasteiger partial charge in [0.2, 0.25) is 0 Å². The van der Waals surface area contributed by atoms with Gasteiger partial charge in [0.05, 0.1) is 19.8 Å². The largest absolute Gasteiger partial charge is 0.496 e. The molecule has 92 valence electrons. The first-order valence-electron chi connectivity index (χ1n) is 5.12. The summed E-state index contributed by atoms with van der Waals surface area (Å²) in [4.78, 5) is 10.8. The second-order valence-electron chi connectivity index (χ2n) is 3.42. The molecule has 0 N–H and O–H groups in total. The predicted octanol–water partition coefficient (Wildman–Crippen LogP) is 2.28. The van der Waals surface area contributed by atoms with E-state index in [0.29, 0.717) is 17.1 Å². The summed E-state index contributed by atoms with van der Waals surface area (Å²) in [6, 6.07) is 5.42. The third kappa shape index (κ3) is 3.24. The maximum atomic E-state index is 10.8. The maximum Gasteiger partial charge on any atom is 0.302 e. The van der Waals surface area contributed by atoms with Crippen molar-refractivity contribution in [2.75, 3.05) is 20.8 Å². The lowest BCUT2D eigenvalue weighted by Crippen LogP contribution is -2.04. The minimum atomic E-state index is -0.347. The van der Waals surface area contributed by atoms with E-state index in [1.807, 2.05) is 6.07 Å². The Kier molecular flexibility index (Phi) is 4.57. The van der Waals surface area contributed by atoms with Crippen molar-refractivity contribution in [2.24, 2.45) is 0 Å². The smallest absolute Gasteiger partial charge is 0.302 e. The molecule has 0 fully saturated rings. The second-order valence-corrected chi connectivity index (χ2v) is 3.42. The van der Waals surface area contributed by atoms with Crippen LogP contribution in [0, 0.1) is 0 Å². The van der Waals surface area contributed by atoms with Gasteiger partial charge in [-0.2, -0.15) is 0 Å². The Morgan fingerprint density at radius 1 is 1.24 bits per heavy atom. The van der Waals surface area contributed by atoms with E-state index in [1.165, 1.54) is 6.92 Å². The van der Waals surface area contributed by atoms with Crippen molar-refractivity contribution < 1.29 is 19.0 Å². The Morgan fingerprint density at radius 3 is 2.18 bits per heavy atom. The molecule has 0 aliphatic heterocycles. The zero-order valence-corrected chi connectivity index (χ0v) is 10.3. The van der Waals surface area contributed by atoms with Crippen LogP contribution in [0.4, 0.5) is 0 Å². The molecule has 0 aromatic heterocycles. The SMILES string of the molecule is C=C(COC(C)=O)c1c(OC)cccc1OC. The van der Waals surface area contributed by atoms with Crippen LogP contribution in [0.5, 0.6) is 11.5 Å². The maximum absolute atomic E-state index is 10.8. The zero-order valence-electron chi connectivity index (χ0n) is 10.3. The van der Waals surface area contributed by atoms with Gasteiger partial charge >= 0.3 is 5.97 Å². The van der Waals surface area contributed by atoms with Crippen LogP contribution in [0.2, 0.25) is 0 Å². The van der Waals surface area contributed by atoms with Gasteiger partial charge < -0.3 is 14.2 Å². The summed E-state index contributed by atoms with van der Waals surface area (Å²) in [5, 5.41) is 0. The first-order chi connectivity index (χ1) is 8.10. The highest BCUT2D eigenvalue weighted by Gasteiger charge is 2.13. The molecule has 17 heavy (non-hydrogen) atoms. The van der Waals surface area contributed by atoms with E-state index in [1.54, 1.807) is 26.4 Å². The normalized spacial score (nSPS) is 9.59. The van der Waals surface area contributed by atoms with Crippen molar-refractivity contribution >= 4 is 11.5 Å². The molecule has 0 saturated heterocycles. The van der Waals surface area contributed by atoms with E-state index in [0.717, 1.165) is 5.56 Å². The van der Waals surface area contributed by atoms with Crippen LogP contribution >= 0.6 is 0 Å². The molecule has 1 aromatic carbocycles. The lowest BCUT2D eigenvalue weighted by molar-refractivity contribution is -0.139. The molecule has 4 heteroatoms. The predicted molar refractivity (Wildman–Crippen MR) is 65.2 cm³/mol. The fourth-order valence-electron chi connectivity index (χ4n) is 1.46. The third-order valence-electron chi connectivity index (χ3n) is 2.23. The van der Waals surface area contributed by atoms with Gasteiger partial charge in [0, 0.05) is 6.92 Å². The lowest BCUT2D eigenvalue weighted by atomic mass is 10.1. The fraction of sp³-hybridized carbons (Fsp3) is 0.308. The van der Waals surface area contributed by atoms with Gasteiger partial charge in [0.1, 0.15) is 18.1 Å². The first-order valence-corrected chi connectivity index (χ1v) is 5.12. The monoisotopic (exact) mass is 236 g/mol. The summed E-state index contributed by atoms with van der Waals surface area (Å²) in [5.41, 5.74) is 1.35. The molecule has 0 heterocycles. The minimum absolute atomic E-state index is 0.117. The van der Waals surface area contributed by atoms with Crippen LogP contribution in [0.3, 0.4) is 0 Å². The highest BCUT2D eigenvalue weighted by Crippen LogP contribution is 2.33.